The number of hydrogen-bond donors (Lipinski definition) is 1. The molecule has 0 fully saturated rings. The summed E-state index contributed by atoms with van der Waals surface area (Å²) in [6.07, 6.45) is 1.39. The molecule has 0 bridgehead atoms. The predicted octanol–water partition coefficient (Wildman–Crippen LogP) is 3.54. The Morgan fingerprint density at radius 2 is 2.05 bits per heavy atom. The fraction of sp³-hybridized carbons (Fsp3) is 0. The minimum absolute atomic E-state index is 0.0362. The molecule has 98 valence electrons. The zero-order valence-electron chi connectivity index (χ0n) is 9.25. The summed E-state index contributed by atoms with van der Waals surface area (Å²) in [7, 11) is 0. The predicted molar refractivity (Wildman–Crippen MR) is 70.8 cm³/mol. The van der Waals surface area contributed by atoms with Crippen molar-refractivity contribution >= 4 is 33.4 Å². The van der Waals surface area contributed by atoms with Crippen LogP contribution in [-0.4, -0.2) is 10.9 Å². The van der Waals surface area contributed by atoms with Crippen molar-refractivity contribution in [2.45, 2.75) is 0 Å². The van der Waals surface area contributed by atoms with Crippen molar-refractivity contribution in [1.82, 2.24) is 4.98 Å². The molecule has 7 heteroatoms. The SMILES string of the molecule is NC(=O)c1ccc(F)c(-c2cc(Br)cnc2Cl)c1F. The van der Waals surface area contributed by atoms with Crippen LogP contribution in [0.25, 0.3) is 11.1 Å². The maximum absolute atomic E-state index is 14.1. The van der Waals surface area contributed by atoms with E-state index in [0.717, 1.165) is 12.1 Å². The lowest BCUT2D eigenvalue weighted by Gasteiger charge is -2.09. The molecule has 1 aromatic carbocycles. The van der Waals surface area contributed by atoms with Gasteiger partial charge in [-0.15, -0.1) is 0 Å². The number of nitrogens with two attached hydrogens (primary N) is 1. The van der Waals surface area contributed by atoms with Gasteiger partial charge in [-0.25, -0.2) is 13.8 Å². The molecule has 1 heterocycles. The van der Waals surface area contributed by atoms with Gasteiger partial charge in [-0.05, 0) is 34.1 Å². The van der Waals surface area contributed by atoms with Gasteiger partial charge in [-0.1, -0.05) is 11.6 Å². The van der Waals surface area contributed by atoms with Crippen molar-refractivity contribution in [3.63, 3.8) is 0 Å². The summed E-state index contributed by atoms with van der Waals surface area (Å²) in [6, 6.07) is 3.34. The van der Waals surface area contributed by atoms with Gasteiger partial charge in [0, 0.05) is 16.2 Å². The van der Waals surface area contributed by atoms with E-state index in [2.05, 4.69) is 20.9 Å². The molecule has 0 unspecified atom stereocenters. The van der Waals surface area contributed by atoms with Crippen LogP contribution in [0.15, 0.2) is 28.9 Å². The summed E-state index contributed by atoms with van der Waals surface area (Å²) >= 11 is 8.96. The smallest absolute Gasteiger partial charge is 0.251 e. The number of primary amides is 1. The number of benzene rings is 1. The Bertz CT molecular complexity index is 679. The van der Waals surface area contributed by atoms with Gasteiger partial charge in [0.25, 0.3) is 5.91 Å². The van der Waals surface area contributed by atoms with E-state index in [1.807, 2.05) is 0 Å². The fourth-order valence-corrected chi connectivity index (χ4v) is 2.12. The zero-order chi connectivity index (χ0) is 14.2. The summed E-state index contributed by atoms with van der Waals surface area (Å²) in [5, 5.41) is -0.0809. The molecule has 0 atom stereocenters. The Balaban J connectivity index is 2.78. The summed E-state index contributed by atoms with van der Waals surface area (Å²) in [6.45, 7) is 0. The first kappa shape index (κ1) is 13.9. The highest BCUT2D eigenvalue weighted by Crippen LogP contribution is 2.33. The van der Waals surface area contributed by atoms with Crippen molar-refractivity contribution in [3.8, 4) is 11.1 Å². The van der Waals surface area contributed by atoms with Crippen molar-refractivity contribution in [3.05, 3.63) is 51.2 Å². The molecule has 1 amide bonds. The van der Waals surface area contributed by atoms with E-state index in [1.54, 1.807) is 0 Å². The van der Waals surface area contributed by atoms with Crippen LogP contribution in [0.4, 0.5) is 8.78 Å². The molecular formula is C12H6BrClF2N2O. The van der Waals surface area contributed by atoms with Gasteiger partial charge in [-0.2, -0.15) is 0 Å². The summed E-state index contributed by atoms with van der Waals surface area (Å²) < 4.78 is 28.4. The quantitative estimate of drug-likeness (QED) is 0.845. The van der Waals surface area contributed by atoms with E-state index in [-0.39, 0.29) is 10.7 Å². The summed E-state index contributed by atoms with van der Waals surface area (Å²) in [5.74, 6) is -2.91. The standard InChI is InChI=1S/C12H6BrClF2N2O/c13-5-3-7(11(14)18-4-5)9-8(15)2-1-6(10(9)16)12(17)19/h1-4H,(H2,17,19). The second kappa shape index (κ2) is 5.22. The number of rotatable bonds is 2. The van der Waals surface area contributed by atoms with Gasteiger partial charge in [0.2, 0.25) is 0 Å². The third-order valence-corrected chi connectivity index (χ3v) is 3.17. The highest BCUT2D eigenvalue weighted by Gasteiger charge is 2.20. The molecule has 0 aliphatic rings. The Labute approximate surface area is 120 Å². The molecule has 19 heavy (non-hydrogen) atoms. The van der Waals surface area contributed by atoms with Crippen LogP contribution in [0.1, 0.15) is 10.4 Å². The van der Waals surface area contributed by atoms with Crippen molar-refractivity contribution in [2.75, 3.05) is 0 Å². The van der Waals surface area contributed by atoms with Gasteiger partial charge >= 0.3 is 0 Å². The first-order valence-electron chi connectivity index (χ1n) is 5.01. The first-order valence-corrected chi connectivity index (χ1v) is 6.18. The molecule has 2 rings (SSSR count). The van der Waals surface area contributed by atoms with Crippen molar-refractivity contribution in [2.24, 2.45) is 5.73 Å². The van der Waals surface area contributed by atoms with Crippen molar-refractivity contribution in [1.29, 1.82) is 0 Å². The van der Waals surface area contributed by atoms with E-state index in [4.69, 9.17) is 17.3 Å². The van der Waals surface area contributed by atoms with Crippen LogP contribution in [0.5, 0.6) is 0 Å². The Kier molecular flexibility index (Phi) is 3.82. The van der Waals surface area contributed by atoms with E-state index >= 15 is 0 Å². The lowest BCUT2D eigenvalue weighted by Crippen LogP contribution is -2.14. The van der Waals surface area contributed by atoms with Crippen LogP contribution in [-0.2, 0) is 0 Å². The molecule has 0 aliphatic heterocycles. The summed E-state index contributed by atoms with van der Waals surface area (Å²) in [5.41, 5.74) is 4.21. The minimum atomic E-state index is -1.06. The number of pyridine rings is 1. The molecule has 0 radical (unpaired) electrons. The summed E-state index contributed by atoms with van der Waals surface area (Å²) in [4.78, 5) is 14.9. The topological polar surface area (TPSA) is 56.0 Å². The number of carbonyl (C=O) groups excluding carboxylic acids is 1. The van der Waals surface area contributed by atoms with Crippen LogP contribution in [0, 0.1) is 11.6 Å². The minimum Gasteiger partial charge on any atom is -0.366 e. The van der Waals surface area contributed by atoms with Crippen LogP contribution < -0.4 is 5.73 Å². The second-order valence-electron chi connectivity index (χ2n) is 3.64. The number of amides is 1. The fourth-order valence-electron chi connectivity index (χ4n) is 1.59. The average molecular weight is 348 g/mol. The Hall–Kier alpha value is -1.53. The van der Waals surface area contributed by atoms with Gasteiger partial charge in [0.05, 0.1) is 11.1 Å². The number of nitrogens with zero attached hydrogens (tertiary/aromatic N) is 1. The average Bonchev–Trinajstić information content (AvgIpc) is 2.33. The largest absolute Gasteiger partial charge is 0.366 e. The first-order chi connectivity index (χ1) is 8.91. The highest BCUT2D eigenvalue weighted by molar-refractivity contribution is 9.10. The number of aromatic nitrogens is 1. The lowest BCUT2D eigenvalue weighted by molar-refractivity contribution is 0.0996. The van der Waals surface area contributed by atoms with E-state index < -0.39 is 28.7 Å². The van der Waals surface area contributed by atoms with Crippen molar-refractivity contribution < 1.29 is 13.6 Å². The molecule has 0 spiro atoms. The maximum atomic E-state index is 14.1. The second-order valence-corrected chi connectivity index (χ2v) is 4.91. The zero-order valence-corrected chi connectivity index (χ0v) is 11.6. The monoisotopic (exact) mass is 346 g/mol. The van der Waals surface area contributed by atoms with Crippen LogP contribution >= 0.6 is 27.5 Å². The molecule has 0 aliphatic carbocycles. The number of carbonyl (C=O) groups is 1. The third-order valence-electron chi connectivity index (χ3n) is 2.43. The lowest BCUT2D eigenvalue weighted by atomic mass is 10.0. The van der Waals surface area contributed by atoms with E-state index in [1.165, 1.54) is 12.3 Å². The van der Waals surface area contributed by atoms with E-state index in [0.29, 0.717) is 4.47 Å². The molecule has 2 aromatic rings. The van der Waals surface area contributed by atoms with Gasteiger partial charge < -0.3 is 5.73 Å². The molecule has 3 nitrogen and oxygen atoms in total. The van der Waals surface area contributed by atoms with Gasteiger partial charge in [0.1, 0.15) is 16.8 Å². The Morgan fingerprint density at radius 3 is 2.68 bits per heavy atom. The Morgan fingerprint density at radius 1 is 1.37 bits per heavy atom. The van der Waals surface area contributed by atoms with E-state index in [9.17, 15) is 13.6 Å². The number of hydrogen-bond acceptors (Lipinski definition) is 2. The van der Waals surface area contributed by atoms with Gasteiger partial charge in [0.15, 0.2) is 0 Å². The normalized spacial score (nSPS) is 10.5. The van der Waals surface area contributed by atoms with Crippen LogP contribution in [0.2, 0.25) is 5.15 Å². The van der Waals surface area contributed by atoms with Crippen LogP contribution in [0.3, 0.4) is 0 Å². The van der Waals surface area contributed by atoms with Gasteiger partial charge in [-0.3, -0.25) is 4.79 Å². The highest BCUT2D eigenvalue weighted by atomic mass is 79.9. The number of halogens is 4. The molecule has 2 N–H and O–H groups in total. The molecule has 0 saturated carbocycles. The maximum Gasteiger partial charge on any atom is 0.251 e. The molecule has 0 saturated heterocycles. The third kappa shape index (κ3) is 2.59. The molecule has 1 aromatic heterocycles. The molecular weight excluding hydrogens is 341 g/mol.